The van der Waals surface area contributed by atoms with Crippen molar-refractivity contribution >= 4 is 35.2 Å². The standard InChI is InChI=1S/C23H31N3O5S/c27-20(24-16-23(8-4-1-5-9-23)26-10-12-30-13-11-26)15-31-21(28)14-19-22(29)25-17-6-2-3-7-18(17)32-19/h2-3,6-7,19H,1,4-5,8-16H2,(H,24,27)(H,25,29). The molecule has 2 N–H and O–H groups in total. The second-order valence-corrected chi connectivity index (χ2v) is 9.86. The number of rotatable bonds is 7. The number of nitrogens with zero attached hydrogens (tertiary/aromatic N) is 1. The molecule has 0 radical (unpaired) electrons. The molecule has 3 aliphatic rings. The van der Waals surface area contributed by atoms with Gasteiger partial charge >= 0.3 is 5.97 Å². The molecule has 2 heterocycles. The molecular formula is C23H31N3O5S. The molecule has 2 amide bonds. The SMILES string of the molecule is O=C(COC(=O)CC1Sc2ccccc2NC1=O)NCC1(N2CCOCC2)CCCCC1. The quantitative estimate of drug-likeness (QED) is 0.601. The maximum absolute atomic E-state index is 12.4. The Labute approximate surface area is 192 Å². The molecule has 1 aromatic rings. The summed E-state index contributed by atoms with van der Waals surface area (Å²) < 4.78 is 10.7. The lowest BCUT2D eigenvalue weighted by atomic mass is 9.79. The smallest absolute Gasteiger partial charge is 0.307 e. The first-order valence-electron chi connectivity index (χ1n) is 11.4. The van der Waals surface area contributed by atoms with E-state index in [0.717, 1.165) is 62.6 Å². The largest absolute Gasteiger partial charge is 0.456 e. The van der Waals surface area contributed by atoms with Gasteiger partial charge in [0.15, 0.2) is 6.61 Å². The number of morpholine rings is 1. The van der Waals surface area contributed by atoms with Gasteiger partial charge in [-0.1, -0.05) is 31.4 Å². The number of hydrogen-bond acceptors (Lipinski definition) is 7. The van der Waals surface area contributed by atoms with Crippen molar-refractivity contribution in [2.45, 2.75) is 54.2 Å². The molecule has 9 heteroatoms. The fourth-order valence-corrected chi connectivity index (χ4v) is 5.85. The molecule has 2 fully saturated rings. The number of fused-ring (bicyclic) bond motifs is 1. The third-order valence-corrected chi connectivity index (χ3v) is 7.78. The number of esters is 1. The van der Waals surface area contributed by atoms with Crippen LogP contribution in [0.5, 0.6) is 0 Å². The van der Waals surface area contributed by atoms with Crippen LogP contribution in [-0.4, -0.2) is 72.9 Å². The number of ether oxygens (including phenoxy) is 2. The van der Waals surface area contributed by atoms with E-state index in [1.165, 1.54) is 18.2 Å². The van der Waals surface area contributed by atoms with Crippen LogP contribution < -0.4 is 10.6 Å². The van der Waals surface area contributed by atoms with Crippen LogP contribution in [0.15, 0.2) is 29.2 Å². The maximum Gasteiger partial charge on any atom is 0.307 e. The summed E-state index contributed by atoms with van der Waals surface area (Å²) in [6, 6.07) is 7.47. The Bertz CT molecular complexity index is 837. The molecule has 0 aromatic heterocycles. The van der Waals surface area contributed by atoms with Crippen LogP contribution in [0.2, 0.25) is 0 Å². The normalized spacial score (nSPS) is 23.0. The number of amides is 2. The zero-order valence-corrected chi connectivity index (χ0v) is 19.1. The van der Waals surface area contributed by atoms with Gasteiger partial charge in [0.05, 0.1) is 30.6 Å². The molecule has 1 unspecified atom stereocenters. The van der Waals surface area contributed by atoms with Crippen LogP contribution in [0.4, 0.5) is 5.69 Å². The molecule has 174 valence electrons. The van der Waals surface area contributed by atoms with Gasteiger partial charge in [-0.15, -0.1) is 11.8 Å². The van der Waals surface area contributed by atoms with Gasteiger partial charge in [0.1, 0.15) is 0 Å². The predicted molar refractivity (Wildman–Crippen MR) is 122 cm³/mol. The highest BCUT2D eigenvalue weighted by Crippen LogP contribution is 2.37. The van der Waals surface area contributed by atoms with Gasteiger partial charge < -0.3 is 20.1 Å². The van der Waals surface area contributed by atoms with Crippen LogP contribution in [0.3, 0.4) is 0 Å². The van der Waals surface area contributed by atoms with E-state index in [9.17, 15) is 14.4 Å². The van der Waals surface area contributed by atoms with Crippen LogP contribution in [0.25, 0.3) is 0 Å². The molecule has 2 aliphatic heterocycles. The first kappa shape index (κ1) is 23.1. The van der Waals surface area contributed by atoms with E-state index in [1.54, 1.807) is 0 Å². The van der Waals surface area contributed by atoms with Crippen molar-refractivity contribution in [3.05, 3.63) is 24.3 Å². The summed E-state index contributed by atoms with van der Waals surface area (Å²) in [5, 5.41) is 5.24. The predicted octanol–water partition coefficient (Wildman–Crippen LogP) is 2.18. The minimum absolute atomic E-state index is 0.0358. The van der Waals surface area contributed by atoms with Gasteiger partial charge in [0.25, 0.3) is 5.91 Å². The summed E-state index contributed by atoms with van der Waals surface area (Å²) in [6.45, 7) is 3.45. The van der Waals surface area contributed by atoms with E-state index in [4.69, 9.17) is 9.47 Å². The van der Waals surface area contributed by atoms with Gasteiger partial charge in [0, 0.05) is 30.1 Å². The van der Waals surface area contributed by atoms with Crippen LogP contribution in [0, 0.1) is 0 Å². The fraction of sp³-hybridized carbons (Fsp3) is 0.609. The van der Waals surface area contributed by atoms with E-state index in [1.807, 2.05) is 24.3 Å². The van der Waals surface area contributed by atoms with Gasteiger partial charge in [-0.2, -0.15) is 0 Å². The van der Waals surface area contributed by atoms with E-state index < -0.39 is 11.2 Å². The highest BCUT2D eigenvalue weighted by Gasteiger charge is 2.39. The number of carbonyl (C=O) groups is 3. The summed E-state index contributed by atoms with van der Waals surface area (Å²) in [5.41, 5.74) is 0.717. The molecule has 8 nitrogen and oxygen atoms in total. The van der Waals surface area contributed by atoms with Gasteiger partial charge in [-0.05, 0) is 25.0 Å². The Hall–Kier alpha value is -2.10. The highest BCUT2D eigenvalue weighted by molar-refractivity contribution is 8.01. The summed E-state index contributed by atoms with van der Waals surface area (Å²) in [7, 11) is 0. The lowest BCUT2D eigenvalue weighted by molar-refractivity contribution is -0.149. The van der Waals surface area contributed by atoms with Gasteiger partial charge in [-0.3, -0.25) is 19.3 Å². The third kappa shape index (κ3) is 5.63. The molecular weight excluding hydrogens is 430 g/mol. The number of para-hydroxylation sites is 1. The average Bonchev–Trinajstić information content (AvgIpc) is 2.83. The fourth-order valence-electron chi connectivity index (χ4n) is 4.75. The van der Waals surface area contributed by atoms with Gasteiger partial charge in [0.2, 0.25) is 5.91 Å². The molecule has 4 rings (SSSR count). The topological polar surface area (TPSA) is 97.0 Å². The Morgan fingerprint density at radius 3 is 2.72 bits per heavy atom. The Balaban J connectivity index is 1.23. The van der Waals surface area contributed by atoms with Crippen LogP contribution >= 0.6 is 11.8 Å². The Morgan fingerprint density at radius 2 is 1.94 bits per heavy atom. The lowest BCUT2D eigenvalue weighted by Gasteiger charge is -2.48. The molecule has 0 bridgehead atoms. The number of nitrogens with one attached hydrogen (secondary N) is 2. The number of benzene rings is 1. The summed E-state index contributed by atoms with van der Waals surface area (Å²) >= 11 is 1.34. The number of carbonyl (C=O) groups excluding carboxylic acids is 3. The van der Waals surface area contributed by atoms with Crippen LogP contribution in [-0.2, 0) is 23.9 Å². The first-order valence-corrected chi connectivity index (χ1v) is 12.3. The number of thioether (sulfide) groups is 1. The minimum atomic E-state index is -0.563. The molecule has 1 aliphatic carbocycles. The molecule has 1 atom stereocenters. The minimum Gasteiger partial charge on any atom is -0.456 e. The van der Waals surface area contributed by atoms with E-state index >= 15 is 0 Å². The van der Waals surface area contributed by atoms with Crippen molar-refractivity contribution in [3.63, 3.8) is 0 Å². The van der Waals surface area contributed by atoms with Crippen molar-refractivity contribution in [2.24, 2.45) is 0 Å². The molecule has 1 aromatic carbocycles. The third-order valence-electron chi connectivity index (χ3n) is 6.50. The van der Waals surface area contributed by atoms with E-state index in [-0.39, 0.29) is 30.4 Å². The van der Waals surface area contributed by atoms with Crippen molar-refractivity contribution in [1.82, 2.24) is 10.2 Å². The van der Waals surface area contributed by atoms with Crippen LogP contribution in [0.1, 0.15) is 38.5 Å². The average molecular weight is 462 g/mol. The van der Waals surface area contributed by atoms with Gasteiger partial charge in [-0.25, -0.2) is 0 Å². The summed E-state index contributed by atoms with van der Waals surface area (Å²) in [6.07, 6.45) is 5.59. The van der Waals surface area contributed by atoms with Crippen molar-refractivity contribution in [3.8, 4) is 0 Å². The Kier molecular flexibility index (Phi) is 7.70. The van der Waals surface area contributed by atoms with Crippen molar-refractivity contribution in [1.29, 1.82) is 0 Å². The maximum atomic E-state index is 12.4. The summed E-state index contributed by atoms with van der Waals surface area (Å²) in [5.74, 6) is -1.07. The van der Waals surface area contributed by atoms with Crippen molar-refractivity contribution < 1.29 is 23.9 Å². The van der Waals surface area contributed by atoms with E-state index in [0.29, 0.717) is 6.54 Å². The number of anilines is 1. The second kappa shape index (κ2) is 10.7. The zero-order chi connectivity index (χ0) is 22.4. The van der Waals surface area contributed by atoms with E-state index in [2.05, 4.69) is 15.5 Å². The lowest BCUT2D eigenvalue weighted by Crippen LogP contribution is -2.59. The zero-order valence-electron chi connectivity index (χ0n) is 18.3. The summed E-state index contributed by atoms with van der Waals surface area (Å²) in [4.78, 5) is 40.3. The Morgan fingerprint density at radius 1 is 1.19 bits per heavy atom. The molecule has 0 spiro atoms. The highest BCUT2D eigenvalue weighted by atomic mass is 32.2. The molecule has 1 saturated heterocycles. The first-order chi connectivity index (χ1) is 15.6. The molecule has 32 heavy (non-hydrogen) atoms. The molecule has 1 saturated carbocycles. The second-order valence-electron chi connectivity index (χ2n) is 8.62. The van der Waals surface area contributed by atoms with Crippen molar-refractivity contribution in [2.75, 3.05) is 44.8 Å². The monoisotopic (exact) mass is 461 g/mol. The number of hydrogen-bond donors (Lipinski definition) is 2.